The van der Waals surface area contributed by atoms with E-state index in [1.165, 1.54) is 7.05 Å². The first-order chi connectivity index (χ1) is 12.8. The van der Waals surface area contributed by atoms with Gasteiger partial charge < -0.3 is 35.5 Å². The van der Waals surface area contributed by atoms with Crippen molar-refractivity contribution >= 4 is 33.8 Å². The number of ether oxygens (including phenoxy) is 3. The van der Waals surface area contributed by atoms with Crippen LogP contribution in [-0.2, 0) is 28.6 Å². The Hall–Kier alpha value is -1.27. The zero-order valence-corrected chi connectivity index (χ0v) is 18.8. The summed E-state index contributed by atoms with van der Waals surface area (Å²) in [5.41, 5.74) is 4.50. The lowest BCUT2D eigenvalue weighted by atomic mass is 10.6. The molecule has 0 radical (unpaired) electrons. The Bertz CT molecular complexity index is 308. The number of carboxylic acids is 1. The van der Waals surface area contributed by atoms with E-state index in [0.717, 1.165) is 0 Å². The summed E-state index contributed by atoms with van der Waals surface area (Å²) >= 11 is 2.94. The minimum Gasteiger partial charge on any atom is -0.480 e. The minimum atomic E-state index is -0.915. The maximum absolute atomic E-state index is 10.3. The Kier molecular flexibility index (Phi) is 53.8. The maximum Gasteiger partial charge on any atom is 0.329 e. The standard InChI is InChI=1S/C5H11NO2.C4H7BrO2.C4H8O3.C2H6O.CH5N/c1-3-8-4-5(7)6-2;1-2-7-4(6)3-5;1-2-7-3-4(5)6;1-2-3;1-2/h3-4H2,1-2H3,(H,6,7);2-3H2,1H3;2-3H2,1H3,(H,5,6);3H,2H2,1H3;2H2,1H3. The molecule has 0 heterocycles. The maximum atomic E-state index is 10.3. The zero-order valence-electron chi connectivity index (χ0n) is 17.2. The number of halogens is 1. The summed E-state index contributed by atoms with van der Waals surface area (Å²) in [4.78, 5) is 30.1. The highest BCUT2D eigenvalue weighted by Gasteiger charge is 1.93. The lowest BCUT2D eigenvalue weighted by Crippen LogP contribution is -2.23. The van der Waals surface area contributed by atoms with E-state index in [0.29, 0.717) is 25.2 Å². The smallest absolute Gasteiger partial charge is 0.329 e. The number of carboxylic acid groups (broad SMARTS) is 1. The molecule has 0 aromatic carbocycles. The molecule has 0 bridgehead atoms. The third kappa shape index (κ3) is 67.8. The second kappa shape index (κ2) is 39.7. The Labute approximate surface area is 170 Å². The predicted molar refractivity (Wildman–Crippen MR) is 108 cm³/mol. The van der Waals surface area contributed by atoms with Crippen molar-refractivity contribution in [3.05, 3.63) is 0 Å². The molecule has 0 aromatic heterocycles. The van der Waals surface area contributed by atoms with E-state index in [4.69, 9.17) is 14.9 Å². The van der Waals surface area contributed by atoms with Crippen molar-refractivity contribution in [3.8, 4) is 0 Å². The fraction of sp³-hybridized carbons (Fsp3) is 0.812. The number of nitrogens with one attached hydrogen (secondary N) is 1. The molecule has 166 valence electrons. The summed E-state index contributed by atoms with van der Waals surface area (Å²) in [7, 11) is 3.08. The lowest BCUT2D eigenvalue weighted by molar-refractivity contribution is -0.142. The van der Waals surface area contributed by atoms with Gasteiger partial charge in [-0.15, -0.1) is 0 Å². The Morgan fingerprint density at radius 1 is 0.963 bits per heavy atom. The Balaban J connectivity index is -0.0000000801. The fourth-order valence-electron chi connectivity index (χ4n) is 0.656. The van der Waals surface area contributed by atoms with Crippen LogP contribution in [-0.4, -0.2) is 87.1 Å². The van der Waals surface area contributed by atoms with Gasteiger partial charge in [0.25, 0.3) is 0 Å². The molecule has 0 unspecified atom stereocenters. The van der Waals surface area contributed by atoms with Crippen LogP contribution >= 0.6 is 15.9 Å². The molecular weight excluding hydrogens is 428 g/mol. The molecule has 0 spiro atoms. The highest BCUT2D eigenvalue weighted by Crippen LogP contribution is 1.82. The number of esters is 1. The third-order valence-corrected chi connectivity index (χ3v) is 2.02. The van der Waals surface area contributed by atoms with Crippen molar-refractivity contribution in [2.75, 3.05) is 59.1 Å². The molecule has 0 aliphatic carbocycles. The van der Waals surface area contributed by atoms with Gasteiger partial charge in [0.15, 0.2) is 0 Å². The number of aliphatic hydroxyl groups is 1. The van der Waals surface area contributed by atoms with Crippen LogP contribution in [0.4, 0.5) is 0 Å². The van der Waals surface area contributed by atoms with E-state index in [2.05, 4.69) is 36.5 Å². The summed E-state index contributed by atoms with van der Waals surface area (Å²) in [5.74, 6) is -1.20. The first kappa shape index (κ1) is 36.6. The number of hydrogen-bond acceptors (Lipinski definition) is 8. The topological polar surface area (TPSA) is 157 Å². The number of carbonyl (C=O) groups excluding carboxylic acids is 2. The molecule has 5 N–H and O–H groups in total. The van der Waals surface area contributed by atoms with E-state index < -0.39 is 5.97 Å². The molecule has 0 aliphatic heterocycles. The fourth-order valence-corrected chi connectivity index (χ4v) is 0.818. The molecule has 10 nitrogen and oxygen atoms in total. The van der Waals surface area contributed by atoms with E-state index in [9.17, 15) is 14.4 Å². The van der Waals surface area contributed by atoms with Crippen molar-refractivity contribution in [1.82, 2.24) is 5.32 Å². The molecule has 0 saturated carbocycles. The van der Waals surface area contributed by atoms with Gasteiger partial charge in [-0.1, -0.05) is 15.9 Å². The molecular formula is C16H37BrN2O8. The first-order valence-electron chi connectivity index (χ1n) is 8.28. The van der Waals surface area contributed by atoms with E-state index in [-0.39, 0.29) is 31.7 Å². The largest absolute Gasteiger partial charge is 0.480 e. The van der Waals surface area contributed by atoms with Gasteiger partial charge in [0.1, 0.15) is 18.5 Å². The van der Waals surface area contributed by atoms with Crippen molar-refractivity contribution < 1.29 is 38.8 Å². The van der Waals surface area contributed by atoms with Crippen LogP contribution in [0.15, 0.2) is 0 Å². The van der Waals surface area contributed by atoms with Crippen molar-refractivity contribution in [1.29, 1.82) is 0 Å². The number of nitrogens with two attached hydrogens (primary N) is 1. The normalized spacial score (nSPS) is 7.89. The molecule has 0 fully saturated rings. The number of aliphatic carboxylic acids is 1. The van der Waals surface area contributed by atoms with Crippen molar-refractivity contribution in [2.45, 2.75) is 27.7 Å². The van der Waals surface area contributed by atoms with Gasteiger partial charge in [0, 0.05) is 26.9 Å². The van der Waals surface area contributed by atoms with Gasteiger partial charge in [-0.2, -0.15) is 0 Å². The average molecular weight is 465 g/mol. The average Bonchev–Trinajstić information content (AvgIpc) is 2.67. The summed E-state index contributed by atoms with van der Waals surface area (Å²) < 4.78 is 13.8. The van der Waals surface area contributed by atoms with Gasteiger partial charge in [-0.25, -0.2) is 4.79 Å². The van der Waals surface area contributed by atoms with E-state index in [1.807, 2.05) is 6.92 Å². The van der Waals surface area contributed by atoms with Crippen LogP contribution in [0, 0.1) is 0 Å². The Morgan fingerprint density at radius 3 is 1.56 bits per heavy atom. The van der Waals surface area contributed by atoms with Gasteiger partial charge in [-0.3, -0.25) is 9.59 Å². The summed E-state index contributed by atoms with van der Waals surface area (Å²) in [5, 5.41) is 18.2. The molecule has 0 rings (SSSR count). The second-order valence-corrected chi connectivity index (χ2v) is 4.16. The molecule has 0 aromatic rings. The quantitative estimate of drug-likeness (QED) is 0.294. The zero-order chi connectivity index (χ0) is 22.5. The monoisotopic (exact) mass is 464 g/mol. The number of hydrogen-bond donors (Lipinski definition) is 4. The van der Waals surface area contributed by atoms with Gasteiger partial charge >= 0.3 is 11.9 Å². The number of alkyl halides is 1. The van der Waals surface area contributed by atoms with Crippen LogP contribution < -0.4 is 11.1 Å². The van der Waals surface area contributed by atoms with Crippen molar-refractivity contribution in [3.63, 3.8) is 0 Å². The van der Waals surface area contributed by atoms with Gasteiger partial charge in [-0.05, 0) is 34.7 Å². The number of amides is 1. The molecule has 0 atom stereocenters. The number of aliphatic hydroxyl groups excluding tert-OH is 1. The molecule has 11 heteroatoms. The van der Waals surface area contributed by atoms with Gasteiger partial charge in [0.2, 0.25) is 5.91 Å². The first-order valence-corrected chi connectivity index (χ1v) is 9.40. The third-order valence-electron chi connectivity index (χ3n) is 1.56. The minimum absolute atomic E-state index is 0.0770. The summed E-state index contributed by atoms with van der Waals surface area (Å²) in [6, 6.07) is 0. The Morgan fingerprint density at radius 2 is 1.37 bits per heavy atom. The lowest BCUT2D eigenvalue weighted by Gasteiger charge is -1.96. The molecule has 0 aliphatic rings. The van der Waals surface area contributed by atoms with Crippen LogP contribution in [0.2, 0.25) is 0 Å². The molecule has 27 heavy (non-hydrogen) atoms. The SMILES string of the molecule is CCO.CCOC(=O)CBr.CCOCC(=O)NC.CCOCC(=O)O.CN. The second-order valence-electron chi connectivity index (χ2n) is 3.60. The highest BCUT2D eigenvalue weighted by molar-refractivity contribution is 9.09. The van der Waals surface area contributed by atoms with E-state index in [1.54, 1.807) is 27.8 Å². The van der Waals surface area contributed by atoms with Crippen LogP contribution in [0.25, 0.3) is 0 Å². The van der Waals surface area contributed by atoms with Crippen molar-refractivity contribution in [2.24, 2.45) is 5.73 Å². The van der Waals surface area contributed by atoms with E-state index >= 15 is 0 Å². The number of rotatable bonds is 8. The van der Waals surface area contributed by atoms with Crippen LogP contribution in [0.3, 0.4) is 0 Å². The predicted octanol–water partition coefficient (Wildman–Crippen LogP) is 0.394. The summed E-state index contributed by atoms with van der Waals surface area (Å²) in [6.45, 7) is 8.82. The number of likely N-dealkylation sites (N-methyl/N-ethyl adjacent to an activating group) is 1. The molecule has 1 amide bonds. The summed E-state index contributed by atoms with van der Waals surface area (Å²) in [6.07, 6.45) is 0. The van der Waals surface area contributed by atoms with Crippen LogP contribution in [0.1, 0.15) is 27.7 Å². The molecule has 0 saturated heterocycles. The highest BCUT2D eigenvalue weighted by atomic mass is 79.9. The van der Waals surface area contributed by atoms with Gasteiger partial charge in [0.05, 0.1) is 6.61 Å². The van der Waals surface area contributed by atoms with Crippen LogP contribution in [0.5, 0.6) is 0 Å². The number of carbonyl (C=O) groups is 3.